The molecule has 0 amide bonds. The van der Waals surface area contributed by atoms with Crippen molar-refractivity contribution in [1.29, 1.82) is 0 Å². The molecule has 40 heavy (non-hydrogen) atoms. The Hall–Kier alpha value is -2.91. The first-order chi connectivity index (χ1) is 18.9. The molecule has 3 heterocycles. The summed E-state index contributed by atoms with van der Waals surface area (Å²) in [7, 11) is 2.15. The van der Waals surface area contributed by atoms with Crippen LogP contribution >= 0.6 is 22.9 Å². The van der Waals surface area contributed by atoms with Crippen molar-refractivity contribution >= 4 is 44.9 Å². The minimum absolute atomic E-state index is 0.0424. The van der Waals surface area contributed by atoms with Gasteiger partial charge in [0.25, 0.3) is 0 Å². The molecule has 0 aliphatic carbocycles. The molecule has 7 nitrogen and oxygen atoms in total. The van der Waals surface area contributed by atoms with E-state index in [2.05, 4.69) is 34.8 Å². The molecule has 0 saturated carbocycles. The molecule has 0 unspecified atom stereocenters. The van der Waals surface area contributed by atoms with Gasteiger partial charge in [0.1, 0.15) is 16.8 Å². The summed E-state index contributed by atoms with van der Waals surface area (Å²) >= 11 is 7.83. The Bertz CT molecular complexity index is 1550. The van der Waals surface area contributed by atoms with Crippen LogP contribution in [0.1, 0.15) is 51.8 Å². The van der Waals surface area contributed by atoms with Gasteiger partial charge in [0, 0.05) is 48.0 Å². The van der Waals surface area contributed by atoms with Crippen molar-refractivity contribution in [2.45, 2.75) is 59.3 Å². The number of aryl methyl sites for hydroxylation is 1. The molecule has 2 aromatic carbocycles. The molecule has 0 bridgehead atoms. The molecule has 5 rings (SSSR count). The van der Waals surface area contributed by atoms with Crippen LogP contribution < -0.4 is 4.90 Å². The van der Waals surface area contributed by atoms with Gasteiger partial charge in [-0.3, -0.25) is 4.79 Å². The number of hydrogen-bond acceptors (Lipinski definition) is 8. The topological polar surface area (TPSA) is 71.5 Å². The third kappa shape index (κ3) is 5.91. The van der Waals surface area contributed by atoms with Crippen LogP contribution in [0.15, 0.2) is 42.6 Å². The molecular weight excluding hydrogens is 542 g/mol. The first-order valence-corrected chi connectivity index (χ1v) is 14.8. The van der Waals surface area contributed by atoms with Crippen LogP contribution in [0, 0.1) is 6.92 Å². The molecule has 0 N–H and O–H groups in total. The minimum atomic E-state index is -0.717. The summed E-state index contributed by atoms with van der Waals surface area (Å²) in [5.74, 6) is 0.681. The van der Waals surface area contributed by atoms with E-state index in [1.165, 1.54) is 0 Å². The number of halogens is 1. The van der Waals surface area contributed by atoms with Crippen LogP contribution in [0.3, 0.4) is 0 Å². The fraction of sp³-hybridized carbons (Fsp3) is 0.419. The molecule has 0 spiro atoms. The maximum absolute atomic E-state index is 13.0. The maximum atomic E-state index is 13.0. The molecule has 2 atom stereocenters. The van der Waals surface area contributed by atoms with Crippen LogP contribution in [0.25, 0.3) is 32.0 Å². The van der Waals surface area contributed by atoms with Crippen LogP contribution in [0.2, 0.25) is 5.02 Å². The molecule has 9 heteroatoms. The molecule has 2 aromatic heterocycles. The number of ketones is 1. The fourth-order valence-electron chi connectivity index (χ4n) is 5.11. The second kappa shape index (κ2) is 11.2. The predicted molar refractivity (Wildman–Crippen MR) is 164 cm³/mol. The molecule has 1 fully saturated rings. The molecule has 210 valence electrons. The fourth-order valence-corrected chi connectivity index (χ4v) is 6.33. The summed E-state index contributed by atoms with van der Waals surface area (Å²) in [6.45, 7) is 14.5. The summed E-state index contributed by atoms with van der Waals surface area (Å²) in [5.41, 5.74) is 4.86. The van der Waals surface area contributed by atoms with E-state index < -0.39 is 11.7 Å². The van der Waals surface area contributed by atoms with Crippen molar-refractivity contribution in [2.75, 3.05) is 31.6 Å². The Balaban J connectivity index is 1.67. The number of carbonyl (C=O) groups is 1. The first kappa shape index (κ1) is 28.6. The first-order valence-electron chi connectivity index (χ1n) is 13.6. The van der Waals surface area contributed by atoms with Crippen LogP contribution in [-0.2, 0) is 9.53 Å². The van der Waals surface area contributed by atoms with E-state index >= 15 is 0 Å². The van der Waals surface area contributed by atoms with Gasteiger partial charge < -0.3 is 14.5 Å². The van der Waals surface area contributed by atoms with E-state index in [1.54, 1.807) is 18.3 Å². The highest BCUT2D eigenvalue weighted by Gasteiger charge is 2.31. The van der Waals surface area contributed by atoms with E-state index in [0.29, 0.717) is 11.1 Å². The number of likely N-dealkylation sites (N-methyl/N-ethyl adjacent to an activating group) is 1. The number of benzene rings is 2. The summed E-state index contributed by atoms with van der Waals surface area (Å²) in [4.78, 5) is 32.2. The number of hydrogen-bond donors (Lipinski definition) is 0. The highest BCUT2D eigenvalue weighted by atomic mass is 35.5. The average molecular weight is 578 g/mol. The van der Waals surface area contributed by atoms with Crippen molar-refractivity contribution in [1.82, 2.24) is 19.9 Å². The zero-order valence-electron chi connectivity index (χ0n) is 24.2. The number of Topliss-reactive ketones (excluding diaryl/α,β-unsaturated/α-hetero) is 1. The SMILES string of the molecule is CC(=O)[C@@H](OC(C)(C)C)c1c(C)cc2nc(-c3ccnc(N4CCN(C)[C@@H](C)C4)n3)sc2c1-c1ccc(Cl)cc1. The van der Waals surface area contributed by atoms with Crippen molar-refractivity contribution in [3.05, 3.63) is 58.7 Å². The molecular formula is C31H36ClN5O2S. The van der Waals surface area contributed by atoms with Gasteiger partial charge in [0.2, 0.25) is 5.95 Å². The quantitative estimate of drug-likeness (QED) is 0.245. The van der Waals surface area contributed by atoms with Gasteiger partial charge in [-0.2, -0.15) is 0 Å². The number of anilines is 1. The molecule has 1 saturated heterocycles. The minimum Gasteiger partial charge on any atom is -0.360 e. The second-order valence-electron chi connectivity index (χ2n) is 11.6. The number of rotatable bonds is 6. The van der Waals surface area contributed by atoms with Crippen molar-refractivity contribution in [2.24, 2.45) is 0 Å². The molecule has 4 aromatic rings. The smallest absolute Gasteiger partial charge is 0.226 e. The van der Waals surface area contributed by atoms with E-state index in [1.807, 2.05) is 64.2 Å². The summed E-state index contributed by atoms with van der Waals surface area (Å²) in [5, 5.41) is 1.46. The van der Waals surface area contributed by atoms with Gasteiger partial charge in [0.15, 0.2) is 5.78 Å². The third-order valence-corrected chi connectivity index (χ3v) is 8.63. The van der Waals surface area contributed by atoms with E-state index in [9.17, 15) is 4.79 Å². The van der Waals surface area contributed by atoms with Gasteiger partial charge in [-0.15, -0.1) is 11.3 Å². The monoisotopic (exact) mass is 577 g/mol. The summed E-state index contributed by atoms with van der Waals surface area (Å²) in [6, 6.07) is 12.1. The Morgan fingerprint density at radius 1 is 1.15 bits per heavy atom. The van der Waals surface area contributed by atoms with Crippen molar-refractivity contribution in [3.63, 3.8) is 0 Å². The lowest BCUT2D eigenvalue weighted by Crippen LogP contribution is -2.50. The van der Waals surface area contributed by atoms with Gasteiger partial charge in [-0.1, -0.05) is 23.7 Å². The summed E-state index contributed by atoms with van der Waals surface area (Å²) in [6.07, 6.45) is 1.09. The number of thiazole rings is 1. The van der Waals surface area contributed by atoms with Crippen LogP contribution in [0.5, 0.6) is 0 Å². The van der Waals surface area contributed by atoms with E-state index in [-0.39, 0.29) is 5.78 Å². The van der Waals surface area contributed by atoms with E-state index in [4.69, 9.17) is 26.3 Å². The van der Waals surface area contributed by atoms with E-state index in [0.717, 1.165) is 68.8 Å². The zero-order valence-corrected chi connectivity index (χ0v) is 25.7. The van der Waals surface area contributed by atoms with Crippen molar-refractivity contribution < 1.29 is 9.53 Å². The van der Waals surface area contributed by atoms with Gasteiger partial charge >= 0.3 is 0 Å². The average Bonchev–Trinajstić information content (AvgIpc) is 3.32. The maximum Gasteiger partial charge on any atom is 0.226 e. The standard InChI is InChI=1S/C31H36ClN5O2S/c1-18-16-24-28(26(21-8-10-22(32)11-9-21)25(18)27(20(3)38)39-31(4,5)6)40-29(34-24)23-12-13-33-30(35-23)37-15-14-36(7)19(2)17-37/h8-13,16,19,27H,14-15,17H2,1-7H3/t19-,27+/m0/s1. The Morgan fingerprint density at radius 2 is 1.88 bits per heavy atom. The summed E-state index contributed by atoms with van der Waals surface area (Å²) < 4.78 is 7.35. The number of ether oxygens (including phenoxy) is 1. The molecule has 0 radical (unpaired) electrons. The number of piperazine rings is 1. The Kier molecular flexibility index (Phi) is 7.99. The highest BCUT2D eigenvalue weighted by Crippen LogP contribution is 2.44. The number of carbonyl (C=O) groups excluding carboxylic acids is 1. The Labute approximate surface area is 245 Å². The third-order valence-electron chi connectivity index (χ3n) is 7.27. The van der Waals surface area contributed by atoms with Crippen molar-refractivity contribution in [3.8, 4) is 21.8 Å². The lowest BCUT2D eigenvalue weighted by molar-refractivity contribution is -0.138. The van der Waals surface area contributed by atoms with Gasteiger partial charge in [-0.05, 0) is 84.0 Å². The van der Waals surface area contributed by atoms with Gasteiger partial charge in [-0.25, -0.2) is 15.0 Å². The zero-order chi connectivity index (χ0) is 28.8. The predicted octanol–water partition coefficient (Wildman–Crippen LogP) is 6.97. The van der Waals surface area contributed by atoms with Gasteiger partial charge in [0.05, 0.1) is 15.8 Å². The number of aromatic nitrogens is 3. The lowest BCUT2D eigenvalue weighted by atomic mass is 9.90. The second-order valence-corrected chi connectivity index (χ2v) is 13.0. The van der Waals surface area contributed by atoms with Crippen LogP contribution in [0.4, 0.5) is 5.95 Å². The Morgan fingerprint density at radius 3 is 2.52 bits per heavy atom. The van der Waals surface area contributed by atoms with Crippen LogP contribution in [-0.4, -0.2) is 64.0 Å². The number of fused-ring (bicyclic) bond motifs is 1. The highest BCUT2D eigenvalue weighted by molar-refractivity contribution is 7.22. The molecule has 1 aliphatic heterocycles. The lowest BCUT2D eigenvalue weighted by Gasteiger charge is -2.37. The normalized spacial score (nSPS) is 17.4. The molecule has 1 aliphatic rings. The number of nitrogens with zero attached hydrogens (tertiary/aromatic N) is 5. The largest absolute Gasteiger partial charge is 0.360 e.